The summed E-state index contributed by atoms with van der Waals surface area (Å²) in [6.45, 7) is 5.52. The molecule has 0 saturated carbocycles. The van der Waals surface area contributed by atoms with E-state index in [1.54, 1.807) is 11.1 Å². The molecule has 0 amide bonds. The molecule has 0 bridgehead atoms. The molecule has 6 rings (SSSR count). The Morgan fingerprint density at radius 1 is 0.645 bits per heavy atom. The first-order chi connectivity index (χ1) is 14.0. The van der Waals surface area contributed by atoms with E-state index in [9.17, 15) is 0 Å². The summed E-state index contributed by atoms with van der Waals surface area (Å²) in [5.74, 6) is 0. The third-order valence-electron chi connectivity index (χ3n) is 9.01. The molecule has 0 nitrogen and oxygen atoms in total. The van der Waals surface area contributed by atoms with E-state index in [1.165, 1.54) is 48.1 Å². The fourth-order valence-corrected chi connectivity index (χ4v) is 24.4. The van der Waals surface area contributed by atoms with E-state index < -0.39 is 16.1 Å². The van der Waals surface area contributed by atoms with E-state index in [-0.39, 0.29) is 44.0 Å². The Balaban J connectivity index is 0.00000116. The van der Waals surface area contributed by atoms with E-state index in [1.807, 2.05) is 0 Å². The maximum atomic E-state index is 2.76. The second-order valence-electron chi connectivity index (χ2n) is 10.4. The van der Waals surface area contributed by atoms with Crippen molar-refractivity contribution in [1.82, 2.24) is 0 Å². The normalized spacial score (nSPS) is 30.0. The SMILES string of the molecule is C[Si]1([C]2([Ti+2][C]3([Si]4(C)CCC4)C=Cc4ccccc43)C=Cc3ccccc32)CCC1.[Cl-].[Cl-]. The Morgan fingerprint density at radius 3 is 1.39 bits per heavy atom. The van der Waals surface area contributed by atoms with Crippen LogP contribution >= 0.6 is 0 Å². The zero-order valence-corrected chi connectivity index (χ0v) is 23.5. The van der Waals surface area contributed by atoms with Crippen molar-refractivity contribution in [3.63, 3.8) is 0 Å². The van der Waals surface area contributed by atoms with Gasteiger partial charge in [0.15, 0.2) is 0 Å². The van der Waals surface area contributed by atoms with Crippen molar-refractivity contribution in [2.45, 2.75) is 56.8 Å². The number of hydrogen-bond donors (Lipinski definition) is 0. The average Bonchev–Trinajstić information content (AvgIpc) is 3.26. The molecule has 2 saturated heterocycles. The van der Waals surface area contributed by atoms with Crippen LogP contribution in [0.15, 0.2) is 60.7 Å². The van der Waals surface area contributed by atoms with Crippen molar-refractivity contribution in [3.05, 3.63) is 82.9 Å². The van der Waals surface area contributed by atoms with Crippen LogP contribution in [0.25, 0.3) is 12.2 Å². The molecule has 0 N–H and O–H groups in total. The van der Waals surface area contributed by atoms with E-state index in [0.717, 1.165) is 0 Å². The van der Waals surface area contributed by atoms with Gasteiger partial charge in [-0.25, -0.2) is 0 Å². The minimum absolute atomic E-state index is 0. The molecule has 160 valence electrons. The van der Waals surface area contributed by atoms with E-state index >= 15 is 0 Å². The van der Waals surface area contributed by atoms with Crippen molar-refractivity contribution in [2.24, 2.45) is 0 Å². The first kappa shape index (κ1) is 23.8. The van der Waals surface area contributed by atoms with Crippen LogP contribution in [0.1, 0.15) is 35.1 Å². The molecule has 2 fully saturated rings. The molecule has 2 aliphatic carbocycles. The quantitative estimate of drug-likeness (QED) is 0.531. The van der Waals surface area contributed by atoms with Gasteiger partial charge in [0.2, 0.25) is 0 Å². The van der Waals surface area contributed by atoms with Crippen molar-refractivity contribution in [2.75, 3.05) is 0 Å². The number of allylic oxidation sites excluding steroid dienone is 2. The predicted molar refractivity (Wildman–Crippen MR) is 126 cm³/mol. The van der Waals surface area contributed by atoms with Crippen molar-refractivity contribution in [3.8, 4) is 0 Å². The molecule has 4 aliphatic rings. The monoisotopic (exact) mass is 516 g/mol. The molecule has 31 heavy (non-hydrogen) atoms. The molecule has 2 aromatic carbocycles. The topological polar surface area (TPSA) is 0 Å². The summed E-state index contributed by atoms with van der Waals surface area (Å²) in [4.78, 5) is 0. The van der Waals surface area contributed by atoms with Gasteiger partial charge in [0.05, 0.1) is 0 Å². The van der Waals surface area contributed by atoms with Gasteiger partial charge < -0.3 is 24.8 Å². The van der Waals surface area contributed by atoms with Gasteiger partial charge in [-0.15, -0.1) is 0 Å². The minimum atomic E-state index is -1.31. The Labute approximate surface area is 210 Å². The first-order valence-corrected chi connectivity index (χ1v) is 18.8. The van der Waals surface area contributed by atoms with Crippen molar-refractivity contribution in [1.29, 1.82) is 0 Å². The summed E-state index contributed by atoms with van der Waals surface area (Å²) in [5, 5.41) is 0. The smallest absolute Gasteiger partial charge is 1.00 e. The maximum Gasteiger partial charge on any atom is -1.00 e. The molecule has 2 aliphatic heterocycles. The summed E-state index contributed by atoms with van der Waals surface area (Å²) in [7, 11) is -2.62. The summed E-state index contributed by atoms with van der Waals surface area (Å²) < 4.78 is 0.879. The molecular formula is C26H30Cl2Si2Ti. The van der Waals surface area contributed by atoms with Gasteiger partial charge >= 0.3 is 187 Å². The van der Waals surface area contributed by atoms with Crippen LogP contribution in [0.2, 0.25) is 37.3 Å². The zero-order chi connectivity index (χ0) is 19.7. The van der Waals surface area contributed by atoms with Gasteiger partial charge in [-0.1, -0.05) is 0 Å². The number of benzene rings is 2. The number of hydrogen-bond acceptors (Lipinski definition) is 0. The van der Waals surface area contributed by atoms with Gasteiger partial charge in [-0.3, -0.25) is 0 Å². The summed E-state index contributed by atoms with van der Waals surface area (Å²) in [6.07, 6.45) is 13.5. The molecule has 2 heterocycles. The average molecular weight is 517 g/mol. The number of rotatable bonds is 4. The van der Waals surface area contributed by atoms with Crippen molar-refractivity contribution >= 4 is 28.3 Å². The molecule has 5 heteroatoms. The summed E-state index contributed by atoms with van der Waals surface area (Å²) in [6, 6.07) is 25.0. The number of halogens is 2. The Bertz CT molecular complexity index is 973. The van der Waals surface area contributed by atoms with Crippen LogP contribution in [0.3, 0.4) is 0 Å². The number of fused-ring (bicyclic) bond motifs is 2. The third kappa shape index (κ3) is 3.09. The van der Waals surface area contributed by atoms with Crippen LogP contribution < -0.4 is 24.8 Å². The standard InChI is InChI=1S/2C13H15Si.2ClH.Ti/c2*1-14(9-4-10-14)13-8-7-11-5-2-3-6-12(11)13;;;/h2*2-3,5-8H,4,9-10H2,1H3;2*1H;/q;;;;+2/p-2. The molecule has 2 atom stereocenters. The Hall–Kier alpha value is -0.352. The second kappa shape index (κ2) is 8.15. The van der Waals surface area contributed by atoms with Gasteiger partial charge in [0.25, 0.3) is 0 Å². The fourth-order valence-electron chi connectivity index (χ4n) is 6.70. The second-order valence-corrected chi connectivity index (χ2v) is 24.6. The zero-order valence-electron chi connectivity index (χ0n) is 18.4. The van der Waals surface area contributed by atoms with Gasteiger partial charge in [-0.2, -0.15) is 0 Å². The molecule has 0 spiro atoms. The summed E-state index contributed by atoms with van der Waals surface area (Å²) in [5.41, 5.74) is 6.51. The van der Waals surface area contributed by atoms with Gasteiger partial charge in [0, 0.05) is 0 Å². The van der Waals surface area contributed by atoms with Crippen LogP contribution in [-0.4, -0.2) is 16.1 Å². The minimum Gasteiger partial charge on any atom is -1.00 e. The third-order valence-corrected chi connectivity index (χ3v) is 28.8. The molecule has 2 unspecified atom stereocenters. The van der Waals surface area contributed by atoms with Gasteiger partial charge in [0.1, 0.15) is 0 Å². The molecule has 0 radical (unpaired) electrons. The van der Waals surface area contributed by atoms with Gasteiger partial charge in [-0.05, 0) is 0 Å². The van der Waals surface area contributed by atoms with Crippen molar-refractivity contribution < 1.29 is 44.0 Å². The maximum absolute atomic E-state index is 2.76. The Morgan fingerprint density at radius 2 is 1.03 bits per heavy atom. The summed E-state index contributed by atoms with van der Waals surface area (Å²) >= 11 is -0.266. The predicted octanol–water partition coefficient (Wildman–Crippen LogP) is 0.965. The Kier molecular flexibility index (Phi) is 6.25. The fraction of sp³-hybridized carbons (Fsp3) is 0.385. The van der Waals surface area contributed by atoms with E-state index in [2.05, 4.69) is 85.9 Å². The van der Waals surface area contributed by atoms with Crippen LogP contribution in [0, 0.1) is 0 Å². The molecule has 0 aromatic heterocycles. The van der Waals surface area contributed by atoms with E-state index in [0.29, 0.717) is 6.69 Å². The largest absolute Gasteiger partial charge is 1.00 e. The van der Waals surface area contributed by atoms with E-state index in [4.69, 9.17) is 0 Å². The van der Waals surface area contributed by atoms with Crippen LogP contribution in [0.4, 0.5) is 0 Å². The molecular weight excluding hydrogens is 487 g/mol. The van der Waals surface area contributed by atoms with Crippen LogP contribution in [0.5, 0.6) is 0 Å². The van der Waals surface area contributed by atoms with Crippen LogP contribution in [-0.2, 0) is 25.8 Å². The molecule has 2 aromatic rings. The first-order valence-electron chi connectivity index (χ1n) is 11.4.